The van der Waals surface area contributed by atoms with E-state index in [0.29, 0.717) is 22.9 Å². The molecule has 3 heterocycles. The molecule has 0 fully saturated rings. The van der Waals surface area contributed by atoms with E-state index >= 15 is 0 Å². The van der Waals surface area contributed by atoms with Gasteiger partial charge in [-0.2, -0.15) is 0 Å². The third-order valence-electron chi connectivity index (χ3n) is 5.73. The number of imidazole rings is 1. The van der Waals surface area contributed by atoms with Crippen LogP contribution in [0.25, 0.3) is 28.2 Å². The van der Waals surface area contributed by atoms with Gasteiger partial charge < -0.3 is 4.98 Å². The van der Waals surface area contributed by atoms with Crippen molar-refractivity contribution in [3.8, 4) is 17.1 Å². The van der Waals surface area contributed by atoms with E-state index in [4.69, 9.17) is 4.98 Å². The summed E-state index contributed by atoms with van der Waals surface area (Å²) in [5, 5.41) is 7.86. The number of H-pyrrole nitrogens is 1. The minimum Gasteiger partial charge on any atom is -0.303 e. The highest BCUT2D eigenvalue weighted by Crippen LogP contribution is 2.28. The Morgan fingerprint density at radius 3 is 2.50 bits per heavy atom. The standard InChI is InChI=1S/C24H23N7O/c1-15(2)19-6-4-5-7-20(19)22-25-14-21-23(28-22)31(24(32)27-21)16(3)17-8-10-18(11-9-17)30-13-12-26-29-30/h4-16H,1-3H3,(H,27,32)/t16-/m0/s1. The molecule has 3 aromatic heterocycles. The van der Waals surface area contributed by atoms with Crippen LogP contribution in [0.1, 0.15) is 43.9 Å². The zero-order valence-electron chi connectivity index (χ0n) is 18.1. The third kappa shape index (κ3) is 3.39. The molecule has 0 aliphatic rings. The normalized spacial score (nSPS) is 12.5. The van der Waals surface area contributed by atoms with Crippen molar-refractivity contribution >= 4 is 11.2 Å². The summed E-state index contributed by atoms with van der Waals surface area (Å²) in [6, 6.07) is 15.8. The van der Waals surface area contributed by atoms with Gasteiger partial charge in [-0.1, -0.05) is 55.5 Å². The molecule has 1 N–H and O–H groups in total. The smallest absolute Gasteiger partial charge is 0.303 e. The molecule has 0 radical (unpaired) electrons. The van der Waals surface area contributed by atoms with Crippen molar-refractivity contribution in [2.24, 2.45) is 0 Å². The number of aromatic amines is 1. The van der Waals surface area contributed by atoms with E-state index in [1.54, 1.807) is 27.8 Å². The Labute approximate surface area is 184 Å². The number of benzene rings is 2. The molecule has 5 aromatic rings. The van der Waals surface area contributed by atoms with Crippen LogP contribution in [0.2, 0.25) is 0 Å². The maximum atomic E-state index is 12.8. The fourth-order valence-corrected chi connectivity index (χ4v) is 4.01. The first kappa shape index (κ1) is 19.9. The lowest BCUT2D eigenvalue weighted by molar-refractivity contribution is 0.630. The summed E-state index contributed by atoms with van der Waals surface area (Å²) < 4.78 is 3.38. The lowest BCUT2D eigenvalue weighted by atomic mass is 9.97. The monoisotopic (exact) mass is 425 g/mol. The average molecular weight is 425 g/mol. The highest BCUT2D eigenvalue weighted by atomic mass is 16.1. The molecule has 0 unspecified atom stereocenters. The molecule has 32 heavy (non-hydrogen) atoms. The van der Waals surface area contributed by atoms with Crippen molar-refractivity contribution in [1.29, 1.82) is 0 Å². The first-order valence-corrected chi connectivity index (χ1v) is 10.6. The first-order chi connectivity index (χ1) is 15.5. The van der Waals surface area contributed by atoms with Crippen molar-refractivity contribution in [1.82, 2.24) is 34.5 Å². The molecule has 0 bridgehead atoms. The summed E-state index contributed by atoms with van der Waals surface area (Å²) >= 11 is 0. The first-order valence-electron chi connectivity index (χ1n) is 10.6. The van der Waals surface area contributed by atoms with Gasteiger partial charge in [0.15, 0.2) is 11.5 Å². The van der Waals surface area contributed by atoms with Crippen molar-refractivity contribution < 1.29 is 0 Å². The van der Waals surface area contributed by atoms with Gasteiger partial charge in [-0.15, -0.1) is 5.10 Å². The molecule has 8 heteroatoms. The van der Waals surface area contributed by atoms with Crippen molar-refractivity contribution in [3.05, 3.63) is 88.7 Å². The molecule has 0 aliphatic carbocycles. The molecular formula is C24H23N7O. The van der Waals surface area contributed by atoms with E-state index < -0.39 is 0 Å². The lowest BCUT2D eigenvalue weighted by Crippen LogP contribution is -2.21. The third-order valence-corrected chi connectivity index (χ3v) is 5.73. The maximum absolute atomic E-state index is 12.8. The van der Waals surface area contributed by atoms with Crippen LogP contribution in [0, 0.1) is 0 Å². The van der Waals surface area contributed by atoms with Crippen molar-refractivity contribution in [3.63, 3.8) is 0 Å². The minimum absolute atomic E-state index is 0.212. The molecule has 0 saturated heterocycles. The van der Waals surface area contributed by atoms with Gasteiger partial charge in [0.1, 0.15) is 5.52 Å². The number of rotatable bonds is 5. The van der Waals surface area contributed by atoms with E-state index in [-0.39, 0.29) is 11.7 Å². The Morgan fingerprint density at radius 1 is 1.00 bits per heavy atom. The van der Waals surface area contributed by atoms with Crippen LogP contribution in [0.4, 0.5) is 0 Å². The van der Waals surface area contributed by atoms with Crippen LogP contribution < -0.4 is 5.69 Å². The van der Waals surface area contributed by atoms with Gasteiger partial charge in [-0.25, -0.2) is 19.4 Å². The van der Waals surface area contributed by atoms with Gasteiger partial charge in [0.25, 0.3) is 0 Å². The van der Waals surface area contributed by atoms with Crippen LogP contribution >= 0.6 is 0 Å². The predicted molar refractivity (Wildman–Crippen MR) is 123 cm³/mol. The summed E-state index contributed by atoms with van der Waals surface area (Å²) in [5.74, 6) is 0.949. The van der Waals surface area contributed by atoms with Crippen LogP contribution in [0.3, 0.4) is 0 Å². The number of fused-ring (bicyclic) bond motifs is 1. The second kappa shape index (κ2) is 7.88. The van der Waals surface area contributed by atoms with Gasteiger partial charge in [-0.05, 0) is 36.1 Å². The average Bonchev–Trinajstić information content (AvgIpc) is 3.46. The Hall–Kier alpha value is -4.07. The quantitative estimate of drug-likeness (QED) is 0.457. The second-order valence-electron chi connectivity index (χ2n) is 8.09. The van der Waals surface area contributed by atoms with Crippen LogP contribution in [0.5, 0.6) is 0 Å². The van der Waals surface area contributed by atoms with E-state index in [1.807, 2.05) is 49.4 Å². The minimum atomic E-state index is -0.218. The van der Waals surface area contributed by atoms with Gasteiger partial charge in [0.2, 0.25) is 0 Å². The summed E-state index contributed by atoms with van der Waals surface area (Å²) in [4.78, 5) is 25.1. The highest BCUT2D eigenvalue weighted by Gasteiger charge is 2.18. The fourth-order valence-electron chi connectivity index (χ4n) is 4.01. The van der Waals surface area contributed by atoms with E-state index in [0.717, 1.165) is 16.8 Å². The summed E-state index contributed by atoms with van der Waals surface area (Å²) in [7, 11) is 0. The Kier molecular flexibility index (Phi) is 4.89. The fraction of sp³-hybridized carbons (Fsp3) is 0.208. The van der Waals surface area contributed by atoms with E-state index in [1.165, 1.54) is 5.56 Å². The molecule has 160 valence electrons. The molecule has 0 aliphatic heterocycles. The molecule has 2 aromatic carbocycles. The number of nitrogens with zero attached hydrogens (tertiary/aromatic N) is 6. The van der Waals surface area contributed by atoms with Crippen molar-refractivity contribution in [2.75, 3.05) is 0 Å². The van der Waals surface area contributed by atoms with Gasteiger partial charge in [-0.3, -0.25) is 4.57 Å². The lowest BCUT2D eigenvalue weighted by Gasteiger charge is -2.15. The number of nitrogens with one attached hydrogen (secondary N) is 1. The number of hydrogen-bond acceptors (Lipinski definition) is 5. The number of aromatic nitrogens is 7. The summed E-state index contributed by atoms with van der Waals surface area (Å²) in [5.41, 5.74) is 5.04. The molecule has 1 atom stereocenters. The van der Waals surface area contributed by atoms with Gasteiger partial charge in [0.05, 0.1) is 30.3 Å². The highest BCUT2D eigenvalue weighted by molar-refractivity contribution is 5.74. The largest absolute Gasteiger partial charge is 0.328 e. The van der Waals surface area contributed by atoms with Gasteiger partial charge >= 0.3 is 5.69 Å². The van der Waals surface area contributed by atoms with E-state index in [2.05, 4.69) is 40.2 Å². The molecular weight excluding hydrogens is 402 g/mol. The Balaban J connectivity index is 1.58. The molecule has 0 amide bonds. The molecule has 5 rings (SSSR count). The second-order valence-corrected chi connectivity index (χ2v) is 8.09. The number of hydrogen-bond donors (Lipinski definition) is 1. The summed E-state index contributed by atoms with van der Waals surface area (Å²) in [6.45, 7) is 6.28. The maximum Gasteiger partial charge on any atom is 0.328 e. The Bertz CT molecular complexity index is 1430. The SMILES string of the molecule is CC(C)c1ccccc1-c1ncc2[nH]c(=O)n([C@@H](C)c3ccc(-n4ccnn4)cc3)c2n1. The van der Waals surface area contributed by atoms with Crippen LogP contribution in [0.15, 0.2) is 71.9 Å². The van der Waals surface area contributed by atoms with Crippen LogP contribution in [-0.2, 0) is 0 Å². The van der Waals surface area contributed by atoms with Gasteiger partial charge in [0, 0.05) is 5.56 Å². The molecule has 0 saturated carbocycles. The zero-order chi connectivity index (χ0) is 22.2. The van der Waals surface area contributed by atoms with Crippen LogP contribution in [-0.4, -0.2) is 34.5 Å². The summed E-state index contributed by atoms with van der Waals surface area (Å²) in [6.07, 6.45) is 5.11. The molecule has 0 spiro atoms. The topological polar surface area (TPSA) is 94.3 Å². The zero-order valence-corrected chi connectivity index (χ0v) is 18.1. The van der Waals surface area contributed by atoms with E-state index in [9.17, 15) is 4.79 Å². The van der Waals surface area contributed by atoms with Crippen molar-refractivity contribution in [2.45, 2.75) is 32.7 Å². The predicted octanol–water partition coefficient (Wildman–Crippen LogP) is 4.10. The Morgan fingerprint density at radius 2 is 1.78 bits per heavy atom. The molecule has 8 nitrogen and oxygen atoms in total.